The van der Waals surface area contributed by atoms with Gasteiger partial charge in [-0.3, -0.25) is 14.4 Å². The Kier molecular flexibility index (Phi) is 8.69. The van der Waals surface area contributed by atoms with Crippen LogP contribution in [0, 0.1) is 6.92 Å². The quantitative estimate of drug-likeness (QED) is 0.489. The molecule has 0 atom stereocenters. The summed E-state index contributed by atoms with van der Waals surface area (Å²) in [6, 6.07) is 5.57. The third-order valence-corrected chi connectivity index (χ3v) is 7.73. The van der Waals surface area contributed by atoms with Gasteiger partial charge in [0, 0.05) is 30.9 Å². The maximum Gasteiger partial charge on any atom is 0.309 e. The number of pyridine rings is 1. The predicted octanol–water partition coefficient (Wildman–Crippen LogP) is 3.80. The van der Waals surface area contributed by atoms with Gasteiger partial charge in [0.1, 0.15) is 17.9 Å². The number of anilines is 1. The van der Waals surface area contributed by atoms with Gasteiger partial charge in [-0.25, -0.2) is 0 Å². The molecule has 0 unspecified atom stereocenters. The number of carbonyl (C=O) groups is 2. The van der Waals surface area contributed by atoms with Crippen molar-refractivity contribution in [2.75, 3.05) is 24.6 Å². The van der Waals surface area contributed by atoms with Crippen LogP contribution in [0.1, 0.15) is 80.4 Å². The number of carboxylic acid groups (broad SMARTS) is 1. The van der Waals surface area contributed by atoms with E-state index in [2.05, 4.69) is 5.32 Å². The molecule has 0 saturated heterocycles. The highest BCUT2D eigenvalue weighted by Gasteiger charge is 2.28. The Morgan fingerprint density at radius 1 is 1.13 bits per heavy atom. The maximum absolute atomic E-state index is 13.6. The number of ether oxygens (including phenoxy) is 1. The lowest BCUT2D eigenvalue weighted by Crippen LogP contribution is -2.42. The van der Waals surface area contributed by atoms with Crippen molar-refractivity contribution < 1.29 is 24.5 Å². The summed E-state index contributed by atoms with van der Waals surface area (Å²) in [5.41, 5.74) is 1.42. The molecule has 2 aromatic rings. The smallest absolute Gasteiger partial charge is 0.309 e. The molecular weight excluding hydrogens is 498 g/mol. The van der Waals surface area contributed by atoms with Crippen molar-refractivity contribution in [1.29, 1.82) is 0 Å². The third-order valence-electron chi connectivity index (χ3n) is 7.73. The lowest BCUT2D eigenvalue weighted by molar-refractivity contribution is -0.136. The number of aliphatic carboxylic acids is 1. The van der Waals surface area contributed by atoms with E-state index in [4.69, 9.17) is 4.74 Å². The Labute approximate surface area is 229 Å². The van der Waals surface area contributed by atoms with Gasteiger partial charge in [-0.15, -0.1) is 0 Å². The second-order valence-electron chi connectivity index (χ2n) is 11.5. The molecule has 1 aliphatic heterocycles. The van der Waals surface area contributed by atoms with Crippen molar-refractivity contribution >= 4 is 17.6 Å². The molecule has 3 N–H and O–H groups in total. The van der Waals surface area contributed by atoms with Crippen molar-refractivity contribution in [1.82, 2.24) is 9.88 Å². The van der Waals surface area contributed by atoms with E-state index < -0.39 is 23.0 Å². The largest absolute Gasteiger partial charge is 0.490 e. The standard InChI is InChI=1S/C30H41N3O6/c1-19-26(20-12-13-24-22(16-20)33(14-15-39-24)18-30(2,3)38)23(17-25(34)35)32(4)29(37)27(19)28(36)31-21-10-8-6-5-7-9-11-21/h12-13,16,21,38H,5-11,14-15,17-18H2,1-4H3,(H,31,36)(H,34,35). The van der Waals surface area contributed by atoms with Gasteiger partial charge >= 0.3 is 5.97 Å². The van der Waals surface area contributed by atoms with E-state index in [1.54, 1.807) is 20.8 Å². The van der Waals surface area contributed by atoms with E-state index in [0.717, 1.165) is 44.2 Å². The van der Waals surface area contributed by atoms with Crippen molar-refractivity contribution in [3.05, 3.63) is 45.4 Å². The summed E-state index contributed by atoms with van der Waals surface area (Å²) < 4.78 is 7.16. The molecule has 1 fully saturated rings. The van der Waals surface area contributed by atoms with Crippen molar-refractivity contribution in [3.8, 4) is 16.9 Å². The van der Waals surface area contributed by atoms with E-state index in [1.807, 2.05) is 23.1 Å². The summed E-state index contributed by atoms with van der Waals surface area (Å²) in [7, 11) is 1.53. The number of carbonyl (C=O) groups excluding carboxylic acids is 1. The van der Waals surface area contributed by atoms with E-state index in [9.17, 15) is 24.6 Å². The predicted molar refractivity (Wildman–Crippen MR) is 151 cm³/mol. The Bertz CT molecular complexity index is 1290. The first-order chi connectivity index (χ1) is 18.5. The number of fused-ring (bicyclic) bond motifs is 1. The molecule has 1 saturated carbocycles. The zero-order valence-electron chi connectivity index (χ0n) is 23.5. The van der Waals surface area contributed by atoms with Gasteiger partial charge in [0.05, 0.1) is 24.3 Å². The summed E-state index contributed by atoms with van der Waals surface area (Å²) in [4.78, 5) is 40.9. The van der Waals surface area contributed by atoms with Gasteiger partial charge in [0.25, 0.3) is 11.5 Å². The number of aliphatic hydroxyl groups is 1. The highest BCUT2D eigenvalue weighted by Crippen LogP contribution is 2.38. The van der Waals surface area contributed by atoms with Crippen LogP contribution in [0.2, 0.25) is 0 Å². The normalized spacial score (nSPS) is 16.6. The Hall–Kier alpha value is -3.33. The highest BCUT2D eigenvalue weighted by atomic mass is 16.5. The first kappa shape index (κ1) is 28.7. The fourth-order valence-electron chi connectivity index (χ4n) is 5.88. The monoisotopic (exact) mass is 539 g/mol. The van der Waals surface area contributed by atoms with Crippen LogP contribution < -0.4 is 20.5 Å². The van der Waals surface area contributed by atoms with E-state index >= 15 is 0 Å². The average Bonchev–Trinajstić information content (AvgIpc) is 2.83. The Balaban J connectivity index is 1.81. The number of aromatic nitrogens is 1. The van der Waals surface area contributed by atoms with Crippen LogP contribution in [0.15, 0.2) is 23.0 Å². The first-order valence-corrected chi connectivity index (χ1v) is 14.0. The molecular formula is C30H41N3O6. The number of rotatable bonds is 7. The number of carboxylic acids is 1. The SMILES string of the molecule is Cc1c(-c2ccc3c(c2)N(CC(C)(C)O)CCO3)c(CC(=O)O)n(C)c(=O)c1C(=O)NC1CCCCCCC1. The van der Waals surface area contributed by atoms with Crippen molar-refractivity contribution in [2.24, 2.45) is 7.05 Å². The Morgan fingerprint density at radius 3 is 2.44 bits per heavy atom. The van der Waals surface area contributed by atoms with Gasteiger partial charge in [0.2, 0.25) is 0 Å². The van der Waals surface area contributed by atoms with Gasteiger partial charge in [-0.2, -0.15) is 0 Å². The zero-order chi connectivity index (χ0) is 28.3. The van der Waals surface area contributed by atoms with Gasteiger partial charge in [-0.05, 0) is 56.9 Å². The molecule has 2 aliphatic rings. The minimum atomic E-state index is -1.07. The van der Waals surface area contributed by atoms with Gasteiger partial charge in [-0.1, -0.05) is 38.2 Å². The molecule has 1 aromatic heterocycles. The summed E-state index contributed by atoms with van der Waals surface area (Å²) in [6.45, 7) is 6.67. The molecule has 1 aromatic carbocycles. The lowest BCUT2D eigenvalue weighted by Gasteiger charge is -2.35. The van der Waals surface area contributed by atoms with Gasteiger partial charge in [0.15, 0.2) is 0 Å². The number of β-amino-alcohol motifs (C(OH)–C–C–N with tert-alkyl or cyclic N) is 1. The molecule has 9 heteroatoms. The molecule has 1 aliphatic carbocycles. The first-order valence-electron chi connectivity index (χ1n) is 14.0. The summed E-state index contributed by atoms with van der Waals surface area (Å²) >= 11 is 0. The topological polar surface area (TPSA) is 121 Å². The van der Waals surface area contributed by atoms with Crippen molar-refractivity contribution in [2.45, 2.75) is 83.8 Å². The van der Waals surface area contributed by atoms with Crippen LogP contribution in [-0.4, -0.2) is 58.0 Å². The van der Waals surface area contributed by atoms with Crippen LogP contribution in [-0.2, 0) is 18.3 Å². The fourth-order valence-corrected chi connectivity index (χ4v) is 5.88. The third kappa shape index (κ3) is 6.64. The van der Waals surface area contributed by atoms with E-state index in [-0.39, 0.29) is 18.0 Å². The molecule has 0 bridgehead atoms. The molecule has 2 heterocycles. The lowest BCUT2D eigenvalue weighted by atomic mass is 9.92. The zero-order valence-corrected chi connectivity index (χ0v) is 23.5. The van der Waals surface area contributed by atoms with E-state index in [1.165, 1.54) is 18.0 Å². The second-order valence-corrected chi connectivity index (χ2v) is 11.5. The van der Waals surface area contributed by atoms with Crippen molar-refractivity contribution in [3.63, 3.8) is 0 Å². The number of hydrogen-bond donors (Lipinski definition) is 3. The number of hydrogen-bond acceptors (Lipinski definition) is 6. The molecule has 39 heavy (non-hydrogen) atoms. The minimum absolute atomic E-state index is 0.0142. The van der Waals surface area contributed by atoms with Crippen LogP contribution in [0.5, 0.6) is 5.75 Å². The molecule has 0 spiro atoms. The fraction of sp³-hybridized carbons (Fsp3) is 0.567. The molecule has 9 nitrogen and oxygen atoms in total. The van der Waals surface area contributed by atoms with Crippen LogP contribution in [0.4, 0.5) is 5.69 Å². The van der Waals surface area contributed by atoms with Crippen LogP contribution in [0.25, 0.3) is 11.1 Å². The molecule has 1 amide bonds. The highest BCUT2D eigenvalue weighted by molar-refractivity contribution is 5.98. The number of nitrogens with zero attached hydrogens (tertiary/aromatic N) is 2. The van der Waals surface area contributed by atoms with Crippen LogP contribution >= 0.6 is 0 Å². The number of amides is 1. The molecule has 212 valence electrons. The summed E-state index contributed by atoms with van der Waals surface area (Å²) in [6.07, 6.45) is 7.00. The van der Waals surface area contributed by atoms with E-state index in [0.29, 0.717) is 47.8 Å². The number of nitrogens with one attached hydrogen (secondary N) is 1. The second kappa shape index (κ2) is 11.8. The average molecular weight is 540 g/mol. The van der Waals surface area contributed by atoms with Crippen LogP contribution in [0.3, 0.4) is 0 Å². The minimum Gasteiger partial charge on any atom is -0.490 e. The van der Waals surface area contributed by atoms with Gasteiger partial charge < -0.3 is 29.7 Å². The summed E-state index contributed by atoms with van der Waals surface area (Å²) in [5.74, 6) is -0.812. The summed E-state index contributed by atoms with van der Waals surface area (Å²) in [5, 5.41) is 23.3. The molecule has 4 rings (SSSR count). The Morgan fingerprint density at radius 2 is 1.79 bits per heavy atom. The number of benzene rings is 1. The molecule has 0 radical (unpaired) electrons. The maximum atomic E-state index is 13.6.